The molecule has 22 heavy (non-hydrogen) atoms. The Kier molecular flexibility index (Phi) is 4.94. The minimum absolute atomic E-state index is 0.0235. The van der Waals surface area contributed by atoms with Crippen molar-refractivity contribution in [3.05, 3.63) is 68.2 Å². The molecule has 0 saturated heterocycles. The van der Waals surface area contributed by atoms with Gasteiger partial charge in [0.15, 0.2) is 0 Å². The highest BCUT2D eigenvalue weighted by Gasteiger charge is 2.17. The van der Waals surface area contributed by atoms with Crippen LogP contribution in [0.4, 0.5) is 5.69 Å². The molecule has 2 rings (SSSR count). The molecule has 0 fully saturated rings. The number of aryl methyl sites for hydroxylation is 1. The van der Waals surface area contributed by atoms with Crippen LogP contribution >= 0.6 is 15.9 Å². The maximum absolute atomic E-state index is 12.3. The maximum Gasteiger partial charge on any atom is 0.269 e. The minimum Gasteiger partial charge on any atom is -0.258 e. The van der Waals surface area contributed by atoms with Gasteiger partial charge in [0.05, 0.1) is 9.82 Å². The van der Waals surface area contributed by atoms with Crippen LogP contribution in [-0.4, -0.2) is 13.3 Å². The number of non-ortho nitro benzene ring substituents is 1. The summed E-state index contributed by atoms with van der Waals surface area (Å²) in [4.78, 5) is 10.3. The van der Waals surface area contributed by atoms with Crippen LogP contribution in [0.15, 0.2) is 51.8 Å². The van der Waals surface area contributed by atoms with Crippen molar-refractivity contribution in [1.82, 2.24) is 4.72 Å². The van der Waals surface area contributed by atoms with E-state index in [-0.39, 0.29) is 17.1 Å². The zero-order valence-corrected chi connectivity index (χ0v) is 14.0. The monoisotopic (exact) mass is 384 g/mol. The molecule has 0 aliphatic carbocycles. The van der Waals surface area contributed by atoms with E-state index in [4.69, 9.17) is 0 Å². The van der Waals surface area contributed by atoms with Gasteiger partial charge in [0.2, 0.25) is 10.0 Å². The van der Waals surface area contributed by atoms with E-state index in [0.29, 0.717) is 10.0 Å². The van der Waals surface area contributed by atoms with Gasteiger partial charge in [-0.25, -0.2) is 13.1 Å². The molecule has 0 unspecified atom stereocenters. The Morgan fingerprint density at radius 3 is 2.59 bits per heavy atom. The maximum atomic E-state index is 12.3. The van der Waals surface area contributed by atoms with Gasteiger partial charge in [0.25, 0.3) is 5.69 Å². The molecule has 116 valence electrons. The van der Waals surface area contributed by atoms with Crippen molar-refractivity contribution in [2.75, 3.05) is 0 Å². The smallest absolute Gasteiger partial charge is 0.258 e. The molecular formula is C14H13BrN2O4S. The summed E-state index contributed by atoms with van der Waals surface area (Å²) in [5.74, 6) is 0. The van der Waals surface area contributed by atoms with Crippen molar-refractivity contribution in [3.8, 4) is 0 Å². The predicted molar refractivity (Wildman–Crippen MR) is 86.0 cm³/mol. The molecule has 0 aliphatic rings. The summed E-state index contributed by atoms with van der Waals surface area (Å²) >= 11 is 3.23. The first-order valence-corrected chi connectivity index (χ1v) is 8.56. The summed E-state index contributed by atoms with van der Waals surface area (Å²) in [6, 6.07) is 10.8. The Hall–Kier alpha value is -1.77. The number of hydrogen-bond acceptors (Lipinski definition) is 4. The first kappa shape index (κ1) is 16.6. The second-order valence-corrected chi connectivity index (χ2v) is 7.28. The number of nitrogens with zero attached hydrogens (tertiary/aromatic N) is 1. The van der Waals surface area contributed by atoms with Crippen molar-refractivity contribution in [2.24, 2.45) is 0 Å². The van der Waals surface area contributed by atoms with E-state index in [9.17, 15) is 18.5 Å². The Morgan fingerprint density at radius 1 is 1.23 bits per heavy atom. The van der Waals surface area contributed by atoms with Crippen molar-refractivity contribution in [2.45, 2.75) is 18.4 Å². The van der Waals surface area contributed by atoms with Crippen molar-refractivity contribution < 1.29 is 13.3 Å². The van der Waals surface area contributed by atoms with Gasteiger partial charge >= 0.3 is 0 Å². The highest BCUT2D eigenvalue weighted by atomic mass is 79.9. The van der Waals surface area contributed by atoms with Gasteiger partial charge in [-0.3, -0.25) is 10.1 Å². The normalized spacial score (nSPS) is 11.4. The van der Waals surface area contributed by atoms with Crippen LogP contribution in [0.5, 0.6) is 0 Å². The number of nitro benzene ring substituents is 1. The summed E-state index contributed by atoms with van der Waals surface area (Å²) in [5, 5.41) is 10.7. The second kappa shape index (κ2) is 6.55. The zero-order valence-electron chi connectivity index (χ0n) is 11.6. The molecule has 0 aromatic heterocycles. The van der Waals surface area contributed by atoms with Crippen LogP contribution in [0.1, 0.15) is 11.1 Å². The summed E-state index contributed by atoms with van der Waals surface area (Å²) in [5.41, 5.74) is 1.37. The van der Waals surface area contributed by atoms with Crippen LogP contribution < -0.4 is 4.72 Å². The molecule has 8 heteroatoms. The van der Waals surface area contributed by atoms with Crippen LogP contribution in [0.25, 0.3) is 0 Å². The lowest BCUT2D eigenvalue weighted by Crippen LogP contribution is -2.23. The van der Waals surface area contributed by atoms with E-state index in [1.54, 1.807) is 18.2 Å². The number of hydrogen-bond donors (Lipinski definition) is 1. The quantitative estimate of drug-likeness (QED) is 0.633. The lowest BCUT2D eigenvalue weighted by Gasteiger charge is -2.09. The number of sulfonamides is 1. The van der Waals surface area contributed by atoms with E-state index in [2.05, 4.69) is 20.7 Å². The summed E-state index contributed by atoms with van der Waals surface area (Å²) in [6.07, 6.45) is 0. The number of rotatable bonds is 5. The summed E-state index contributed by atoms with van der Waals surface area (Å²) < 4.78 is 27.5. The molecule has 2 aromatic rings. The minimum atomic E-state index is -3.71. The van der Waals surface area contributed by atoms with Crippen LogP contribution in [-0.2, 0) is 16.6 Å². The molecule has 0 saturated carbocycles. The van der Waals surface area contributed by atoms with E-state index in [0.717, 1.165) is 5.56 Å². The van der Waals surface area contributed by atoms with Crippen molar-refractivity contribution >= 4 is 31.6 Å². The topological polar surface area (TPSA) is 89.3 Å². The van der Waals surface area contributed by atoms with E-state index in [1.165, 1.54) is 24.3 Å². The molecule has 0 aliphatic heterocycles. The van der Waals surface area contributed by atoms with E-state index < -0.39 is 14.9 Å². The molecule has 0 heterocycles. The van der Waals surface area contributed by atoms with Crippen molar-refractivity contribution in [3.63, 3.8) is 0 Å². The fourth-order valence-electron chi connectivity index (χ4n) is 1.86. The average molecular weight is 385 g/mol. The zero-order chi connectivity index (χ0) is 16.3. The molecule has 0 amide bonds. The van der Waals surface area contributed by atoms with Crippen LogP contribution in [0.3, 0.4) is 0 Å². The van der Waals surface area contributed by atoms with Crippen LogP contribution in [0.2, 0.25) is 0 Å². The third-order valence-electron chi connectivity index (χ3n) is 2.96. The number of nitro groups is 1. The number of benzene rings is 2. The Bertz CT molecular complexity index is 821. The molecule has 6 nitrogen and oxygen atoms in total. The Balaban J connectivity index is 2.19. The SMILES string of the molecule is Cc1ccc(S(=O)(=O)NCc2cccc([N+](=O)[O-])c2)c(Br)c1. The Morgan fingerprint density at radius 2 is 1.95 bits per heavy atom. The third kappa shape index (κ3) is 3.90. The molecule has 0 bridgehead atoms. The van der Waals surface area contributed by atoms with Gasteiger partial charge in [-0.05, 0) is 46.1 Å². The summed E-state index contributed by atoms with van der Waals surface area (Å²) in [7, 11) is -3.71. The van der Waals surface area contributed by atoms with Gasteiger partial charge in [0, 0.05) is 23.2 Å². The third-order valence-corrected chi connectivity index (χ3v) is 5.34. The second-order valence-electron chi connectivity index (χ2n) is 4.69. The van der Waals surface area contributed by atoms with Gasteiger partial charge in [-0.15, -0.1) is 0 Å². The molecule has 0 atom stereocenters. The molecule has 0 spiro atoms. The highest BCUT2D eigenvalue weighted by Crippen LogP contribution is 2.23. The van der Waals surface area contributed by atoms with E-state index >= 15 is 0 Å². The molecular weight excluding hydrogens is 372 g/mol. The van der Waals surface area contributed by atoms with Crippen LogP contribution in [0, 0.1) is 17.0 Å². The highest BCUT2D eigenvalue weighted by molar-refractivity contribution is 9.10. The Labute approximate surface area is 136 Å². The average Bonchev–Trinajstić information content (AvgIpc) is 2.45. The first-order valence-electron chi connectivity index (χ1n) is 6.29. The van der Waals surface area contributed by atoms with Gasteiger partial charge < -0.3 is 0 Å². The first-order chi connectivity index (χ1) is 10.3. The fraction of sp³-hybridized carbons (Fsp3) is 0.143. The van der Waals surface area contributed by atoms with Gasteiger partial charge in [-0.2, -0.15) is 0 Å². The molecule has 2 aromatic carbocycles. The molecule has 0 radical (unpaired) electrons. The predicted octanol–water partition coefficient (Wildman–Crippen LogP) is 3.14. The lowest BCUT2D eigenvalue weighted by atomic mass is 10.2. The van der Waals surface area contributed by atoms with Gasteiger partial charge in [-0.1, -0.05) is 18.2 Å². The fourth-order valence-corrected chi connectivity index (χ4v) is 4.07. The largest absolute Gasteiger partial charge is 0.269 e. The standard InChI is InChI=1S/C14H13BrN2O4S/c1-10-5-6-14(13(15)7-10)22(20,21)16-9-11-3-2-4-12(8-11)17(18)19/h2-8,16H,9H2,1H3. The van der Waals surface area contributed by atoms with E-state index in [1.807, 2.05) is 6.92 Å². The molecule has 1 N–H and O–H groups in total. The summed E-state index contributed by atoms with van der Waals surface area (Å²) in [6.45, 7) is 1.84. The van der Waals surface area contributed by atoms with Gasteiger partial charge in [0.1, 0.15) is 0 Å². The van der Waals surface area contributed by atoms with Crippen molar-refractivity contribution in [1.29, 1.82) is 0 Å². The number of halogens is 1. The lowest BCUT2D eigenvalue weighted by molar-refractivity contribution is -0.384. The number of nitrogens with one attached hydrogen (secondary N) is 1.